The van der Waals surface area contributed by atoms with Gasteiger partial charge in [-0.2, -0.15) is 13.2 Å². The largest absolute Gasteiger partial charge is 0.455 e. The Bertz CT molecular complexity index is 858. The van der Waals surface area contributed by atoms with Crippen LogP contribution in [0.2, 0.25) is 0 Å². The standard InChI is InChI=1S/C23H25F3O4/c1-14-18-10-7-15(4-3-11-22(2)20(30-22)19(18)29-21(14)27)12-28-13-16-5-8-17(9-6-16)23(24,25)26/h4-6,8-9,18-20H,1,3,7,10-13H2,2H3/b15-4+/t18-,19-,20-,22+/m0/s1. The lowest BCUT2D eigenvalue weighted by molar-refractivity contribution is -0.140. The molecule has 0 unspecified atom stereocenters. The number of esters is 1. The van der Waals surface area contributed by atoms with Crippen molar-refractivity contribution in [3.63, 3.8) is 0 Å². The number of fused-ring (bicyclic) bond motifs is 3. The molecule has 4 nitrogen and oxygen atoms in total. The molecule has 7 heteroatoms. The van der Waals surface area contributed by atoms with Gasteiger partial charge in [-0.3, -0.25) is 0 Å². The van der Waals surface area contributed by atoms with Crippen molar-refractivity contribution >= 4 is 5.97 Å². The summed E-state index contributed by atoms with van der Waals surface area (Å²) >= 11 is 0. The zero-order valence-corrected chi connectivity index (χ0v) is 16.8. The number of carbonyl (C=O) groups is 1. The van der Waals surface area contributed by atoms with E-state index in [4.69, 9.17) is 14.2 Å². The summed E-state index contributed by atoms with van der Waals surface area (Å²) in [6, 6.07) is 5.01. The lowest BCUT2D eigenvalue weighted by atomic mass is 9.84. The molecule has 0 saturated carbocycles. The van der Waals surface area contributed by atoms with Crippen molar-refractivity contribution in [3.05, 3.63) is 59.2 Å². The van der Waals surface area contributed by atoms with Crippen molar-refractivity contribution in [2.24, 2.45) is 5.92 Å². The van der Waals surface area contributed by atoms with Gasteiger partial charge in [0.15, 0.2) is 0 Å². The molecule has 1 aromatic carbocycles. The van der Waals surface area contributed by atoms with E-state index in [1.165, 1.54) is 12.1 Å². The molecule has 0 amide bonds. The molecule has 4 rings (SSSR count). The van der Waals surface area contributed by atoms with Crippen LogP contribution < -0.4 is 0 Å². The predicted octanol–water partition coefficient (Wildman–Crippen LogP) is 4.98. The summed E-state index contributed by atoms with van der Waals surface area (Å²) in [5.41, 5.74) is 1.35. The smallest absolute Gasteiger partial charge is 0.416 e. The van der Waals surface area contributed by atoms with E-state index in [0.717, 1.165) is 43.4 Å². The summed E-state index contributed by atoms with van der Waals surface area (Å²) in [5.74, 6) is -0.410. The van der Waals surface area contributed by atoms with Crippen LogP contribution >= 0.6 is 0 Å². The maximum Gasteiger partial charge on any atom is 0.416 e. The Balaban J connectivity index is 1.36. The molecule has 1 aliphatic carbocycles. The topological polar surface area (TPSA) is 48.1 Å². The molecule has 2 heterocycles. The molecule has 1 aromatic rings. The molecule has 30 heavy (non-hydrogen) atoms. The highest BCUT2D eigenvalue weighted by atomic mass is 19.4. The summed E-state index contributed by atoms with van der Waals surface area (Å²) in [6.07, 6.45) is 0.588. The Morgan fingerprint density at radius 2 is 1.97 bits per heavy atom. The van der Waals surface area contributed by atoms with Crippen LogP contribution in [0.3, 0.4) is 0 Å². The van der Waals surface area contributed by atoms with E-state index >= 15 is 0 Å². The molecule has 162 valence electrons. The van der Waals surface area contributed by atoms with E-state index in [-0.39, 0.29) is 36.3 Å². The van der Waals surface area contributed by atoms with E-state index in [1.807, 2.05) is 6.92 Å². The van der Waals surface area contributed by atoms with Crippen LogP contribution in [-0.4, -0.2) is 30.4 Å². The van der Waals surface area contributed by atoms with Crippen LogP contribution in [0.25, 0.3) is 0 Å². The number of halogens is 3. The molecule has 2 aliphatic heterocycles. The van der Waals surface area contributed by atoms with Gasteiger partial charge in [0.1, 0.15) is 12.2 Å². The fourth-order valence-corrected chi connectivity index (χ4v) is 4.34. The highest BCUT2D eigenvalue weighted by Crippen LogP contribution is 2.49. The summed E-state index contributed by atoms with van der Waals surface area (Å²) in [7, 11) is 0. The lowest BCUT2D eigenvalue weighted by Crippen LogP contribution is -2.29. The maximum absolute atomic E-state index is 12.7. The molecule has 0 spiro atoms. The van der Waals surface area contributed by atoms with Gasteiger partial charge in [-0.25, -0.2) is 4.79 Å². The van der Waals surface area contributed by atoms with Crippen LogP contribution in [0.15, 0.2) is 48.1 Å². The van der Waals surface area contributed by atoms with Crippen LogP contribution in [0, 0.1) is 5.92 Å². The Labute approximate surface area is 173 Å². The SMILES string of the molecule is C=C1C(=O)O[C@H]2[C@H]1CC/C(COCc1ccc(C(F)(F)F)cc1)=C\CC[C@@]1(C)O[C@@H]21. The molecular weight excluding hydrogens is 397 g/mol. The molecule has 4 atom stereocenters. The number of carbonyl (C=O) groups excluding carboxylic acids is 1. The van der Waals surface area contributed by atoms with Gasteiger partial charge in [0, 0.05) is 11.5 Å². The van der Waals surface area contributed by atoms with E-state index in [9.17, 15) is 18.0 Å². The van der Waals surface area contributed by atoms with Gasteiger partial charge in [-0.05, 0) is 55.9 Å². The average Bonchev–Trinajstić information content (AvgIpc) is 3.28. The van der Waals surface area contributed by atoms with Crippen molar-refractivity contribution < 1.29 is 32.2 Å². The van der Waals surface area contributed by atoms with Crippen molar-refractivity contribution in [1.82, 2.24) is 0 Å². The van der Waals surface area contributed by atoms with Crippen molar-refractivity contribution in [2.75, 3.05) is 6.61 Å². The second kappa shape index (κ2) is 7.85. The van der Waals surface area contributed by atoms with Gasteiger partial charge < -0.3 is 14.2 Å². The normalized spacial score (nSPS) is 33.2. The van der Waals surface area contributed by atoms with Gasteiger partial charge in [-0.1, -0.05) is 24.8 Å². The Morgan fingerprint density at radius 3 is 2.67 bits per heavy atom. The number of hydrogen-bond donors (Lipinski definition) is 0. The minimum absolute atomic E-state index is 0.0688. The summed E-state index contributed by atoms with van der Waals surface area (Å²) in [5, 5.41) is 0. The Hall–Kier alpha value is -2.12. The van der Waals surface area contributed by atoms with Crippen LogP contribution in [0.5, 0.6) is 0 Å². The highest BCUT2D eigenvalue weighted by Gasteiger charge is 2.61. The zero-order chi connectivity index (χ0) is 21.5. The van der Waals surface area contributed by atoms with Crippen molar-refractivity contribution in [2.45, 2.75) is 63.2 Å². The Kier molecular flexibility index (Phi) is 5.53. The molecule has 0 N–H and O–H groups in total. The number of allylic oxidation sites excluding steroid dienone is 1. The third-order valence-corrected chi connectivity index (χ3v) is 6.28. The summed E-state index contributed by atoms with van der Waals surface area (Å²) < 4.78 is 55.2. The minimum atomic E-state index is -4.34. The first-order valence-corrected chi connectivity index (χ1v) is 10.2. The molecule has 0 aromatic heterocycles. The molecule has 3 aliphatic rings. The van der Waals surface area contributed by atoms with Crippen molar-refractivity contribution in [3.8, 4) is 0 Å². The molecule has 2 saturated heterocycles. The third kappa shape index (κ3) is 4.32. The number of rotatable bonds is 4. The number of hydrogen-bond acceptors (Lipinski definition) is 4. The zero-order valence-electron chi connectivity index (χ0n) is 16.8. The van der Waals surface area contributed by atoms with Gasteiger partial charge in [0.05, 0.1) is 24.4 Å². The second-order valence-corrected chi connectivity index (χ2v) is 8.48. The quantitative estimate of drug-likeness (QED) is 0.297. The minimum Gasteiger partial charge on any atom is -0.455 e. The van der Waals surface area contributed by atoms with E-state index in [2.05, 4.69) is 12.7 Å². The number of alkyl halides is 3. The molecule has 0 radical (unpaired) electrons. The second-order valence-electron chi connectivity index (χ2n) is 8.48. The molecule has 2 fully saturated rings. The van der Waals surface area contributed by atoms with Crippen LogP contribution in [0.4, 0.5) is 13.2 Å². The first-order chi connectivity index (χ1) is 14.2. The van der Waals surface area contributed by atoms with Crippen LogP contribution in [-0.2, 0) is 31.8 Å². The fourth-order valence-electron chi connectivity index (χ4n) is 4.34. The number of ether oxygens (including phenoxy) is 3. The first kappa shape index (κ1) is 21.1. The van der Waals surface area contributed by atoms with Gasteiger partial charge in [0.25, 0.3) is 0 Å². The van der Waals surface area contributed by atoms with E-state index in [1.54, 1.807) is 0 Å². The first-order valence-electron chi connectivity index (χ1n) is 10.2. The van der Waals surface area contributed by atoms with E-state index < -0.39 is 11.7 Å². The number of benzene rings is 1. The van der Waals surface area contributed by atoms with Gasteiger partial charge >= 0.3 is 12.1 Å². The van der Waals surface area contributed by atoms with Crippen LogP contribution in [0.1, 0.15) is 43.7 Å². The number of epoxide rings is 1. The molecule has 0 bridgehead atoms. The molecular formula is C23H25F3O4. The summed E-state index contributed by atoms with van der Waals surface area (Å²) in [6.45, 7) is 6.58. The maximum atomic E-state index is 12.7. The average molecular weight is 422 g/mol. The predicted molar refractivity (Wildman–Crippen MR) is 103 cm³/mol. The summed E-state index contributed by atoms with van der Waals surface area (Å²) in [4.78, 5) is 12.0. The van der Waals surface area contributed by atoms with Gasteiger partial charge in [0.2, 0.25) is 0 Å². The fraction of sp³-hybridized carbons (Fsp3) is 0.522. The van der Waals surface area contributed by atoms with Crippen molar-refractivity contribution in [1.29, 1.82) is 0 Å². The van der Waals surface area contributed by atoms with Gasteiger partial charge in [-0.15, -0.1) is 0 Å². The lowest BCUT2D eigenvalue weighted by Gasteiger charge is -2.20. The Morgan fingerprint density at radius 1 is 1.23 bits per heavy atom. The van der Waals surface area contributed by atoms with E-state index in [0.29, 0.717) is 17.7 Å². The monoisotopic (exact) mass is 422 g/mol. The third-order valence-electron chi connectivity index (χ3n) is 6.28. The highest BCUT2D eigenvalue weighted by molar-refractivity contribution is 5.91.